The third-order valence-electron chi connectivity index (χ3n) is 4.57. The Hall–Kier alpha value is -2.40. The molecule has 132 valence electrons. The van der Waals surface area contributed by atoms with Crippen molar-refractivity contribution in [2.24, 2.45) is 0 Å². The standard InChI is InChI=1S/C20H26N4O/c1-24(15-16-8-3-2-4-9-16)19-17(10-7-13-22-19)14-23-20(25)18-11-5-6-12-21-18/h2-4,7-10,13,18,21H,5-6,11-12,14-15H2,1H3,(H,23,25). The van der Waals surface area contributed by atoms with Gasteiger partial charge in [0.25, 0.3) is 0 Å². The van der Waals surface area contributed by atoms with Crippen molar-refractivity contribution in [3.05, 3.63) is 59.8 Å². The van der Waals surface area contributed by atoms with Crippen LogP contribution in [0.3, 0.4) is 0 Å². The van der Waals surface area contributed by atoms with E-state index in [1.54, 1.807) is 6.20 Å². The molecule has 0 bridgehead atoms. The maximum absolute atomic E-state index is 12.3. The van der Waals surface area contributed by atoms with Gasteiger partial charge in [0, 0.05) is 31.9 Å². The zero-order chi connectivity index (χ0) is 17.5. The minimum atomic E-state index is -0.0593. The lowest BCUT2D eigenvalue weighted by Gasteiger charge is -2.24. The summed E-state index contributed by atoms with van der Waals surface area (Å²) in [5, 5.41) is 6.35. The molecule has 0 radical (unpaired) electrons. The van der Waals surface area contributed by atoms with E-state index in [2.05, 4.69) is 32.7 Å². The maximum atomic E-state index is 12.3. The first-order valence-corrected chi connectivity index (χ1v) is 8.94. The van der Waals surface area contributed by atoms with Crippen LogP contribution in [0.25, 0.3) is 0 Å². The molecule has 1 aliphatic heterocycles. The van der Waals surface area contributed by atoms with Gasteiger partial charge in [-0.15, -0.1) is 0 Å². The van der Waals surface area contributed by atoms with E-state index in [-0.39, 0.29) is 11.9 Å². The molecule has 1 aromatic heterocycles. The van der Waals surface area contributed by atoms with E-state index >= 15 is 0 Å². The van der Waals surface area contributed by atoms with Crippen molar-refractivity contribution in [1.82, 2.24) is 15.6 Å². The molecule has 3 rings (SSSR count). The van der Waals surface area contributed by atoms with Gasteiger partial charge < -0.3 is 15.5 Å². The first-order valence-electron chi connectivity index (χ1n) is 8.94. The molecule has 2 N–H and O–H groups in total. The lowest BCUT2D eigenvalue weighted by molar-refractivity contribution is -0.123. The van der Waals surface area contributed by atoms with Crippen LogP contribution in [0.2, 0.25) is 0 Å². The predicted octanol–water partition coefficient (Wildman–Crippen LogP) is 2.48. The number of nitrogens with one attached hydrogen (secondary N) is 2. The van der Waals surface area contributed by atoms with Crippen LogP contribution >= 0.6 is 0 Å². The summed E-state index contributed by atoms with van der Waals surface area (Å²) in [5.74, 6) is 0.989. The summed E-state index contributed by atoms with van der Waals surface area (Å²) in [6.45, 7) is 2.21. The van der Waals surface area contributed by atoms with Gasteiger partial charge in [0.15, 0.2) is 0 Å². The molecule has 0 spiro atoms. The van der Waals surface area contributed by atoms with Crippen molar-refractivity contribution in [2.75, 3.05) is 18.5 Å². The van der Waals surface area contributed by atoms with Crippen molar-refractivity contribution in [3.8, 4) is 0 Å². The fraction of sp³-hybridized carbons (Fsp3) is 0.400. The van der Waals surface area contributed by atoms with Gasteiger partial charge in [0.05, 0.1) is 6.04 Å². The Labute approximate surface area is 149 Å². The number of piperidine rings is 1. The van der Waals surface area contributed by atoms with Crippen molar-refractivity contribution < 1.29 is 4.79 Å². The first kappa shape index (κ1) is 17.4. The highest BCUT2D eigenvalue weighted by Gasteiger charge is 2.20. The van der Waals surface area contributed by atoms with Gasteiger partial charge in [-0.3, -0.25) is 4.79 Å². The number of rotatable bonds is 6. The van der Waals surface area contributed by atoms with Crippen molar-refractivity contribution in [1.29, 1.82) is 0 Å². The SMILES string of the molecule is CN(Cc1ccccc1)c1ncccc1CNC(=O)C1CCCCN1. The van der Waals surface area contributed by atoms with Gasteiger partial charge in [0.2, 0.25) is 5.91 Å². The third kappa shape index (κ3) is 4.79. The van der Waals surface area contributed by atoms with Crippen LogP contribution in [-0.4, -0.2) is 30.5 Å². The molecule has 1 fully saturated rings. The second-order valence-corrected chi connectivity index (χ2v) is 6.55. The van der Waals surface area contributed by atoms with E-state index in [1.165, 1.54) is 5.56 Å². The number of nitrogens with zero attached hydrogens (tertiary/aromatic N) is 2. The van der Waals surface area contributed by atoms with Gasteiger partial charge in [-0.1, -0.05) is 42.8 Å². The summed E-state index contributed by atoms with van der Waals surface area (Å²) in [4.78, 5) is 19.0. The Kier molecular flexibility index (Phi) is 6.01. The molecule has 1 atom stereocenters. The Balaban J connectivity index is 1.63. The molecule has 1 unspecified atom stereocenters. The van der Waals surface area contributed by atoms with Gasteiger partial charge in [0.1, 0.15) is 5.82 Å². The van der Waals surface area contributed by atoms with Crippen LogP contribution in [0.4, 0.5) is 5.82 Å². The monoisotopic (exact) mass is 338 g/mol. The average molecular weight is 338 g/mol. The van der Waals surface area contributed by atoms with Gasteiger partial charge in [-0.05, 0) is 31.0 Å². The zero-order valence-corrected chi connectivity index (χ0v) is 14.7. The molecule has 25 heavy (non-hydrogen) atoms. The van der Waals surface area contributed by atoms with Crippen LogP contribution in [-0.2, 0) is 17.9 Å². The van der Waals surface area contributed by atoms with Crippen LogP contribution < -0.4 is 15.5 Å². The minimum absolute atomic E-state index is 0.0593. The van der Waals surface area contributed by atoms with Gasteiger partial charge >= 0.3 is 0 Å². The number of benzene rings is 1. The number of amides is 1. The lowest BCUT2D eigenvalue weighted by Crippen LogP contribution is -2.46. The summed E-state index contributed by atoms with van der Waals surface area (Å²) in [6.07, 6.45) is 4.98. The van der Waals surface area contributed by atoms with E-state index in [1.807, 2.05) is 37.4 Å². The predicted molar refractivity (Wildman–Crippen MR) is 100 cm³/mol. The second-order valence-electron chi connectivity index (χ2n) is 6.55. The highest BCUT2D eigenvalue weighted by Crippen LogP contribution is 2.18. The maximum Gasteiger partial charge on any atom is 0.237 e. The Morgan fingerprint density at radius 2 is 2.08 bits per heavy atom. The number of carbonyl (C=O) groups is 1. The summed E-state index contributed by atoms with van der Waals surface area (Å²) < 4.78 is 0. The minimum Gasteiger partial charge on any atom is -0.355 e. The van der Waals surface area contributed by atoms with E-state index in [4.69, 9.17) is 0 Å². The second kappa shape index (κ2) is 8.62. The van der Waals surface area contributed by atoms with Gasteiger partial charge in [-0.25, -0.2) is 4.98 Å². The van der Waals surface area contributed by atoms with Crippen LogP contribution in [0.5, 0.6) is 0 Å². The molecule has 0 aliphatic carbocycles. The summed E-state index contributed by atoms with van der Waals surface area (Å²) >= 11 is 0. The number of pyridine rings is 1. The topological polar surface area (TPSA) is 57.3 Å². The number of aromatic nitrogens is 1. The lowest BCUT2D eigenvalue weighted by atomic mass is 10.0. The normalized spacial score (nSPS) is 17.1. The zero-order valence-electron chi connectivity index (χ0n) is 14.7. The summed E-state index contributed by atoms with van der Waals surface area (Å²) in [6, 6.07) is 14.2. The van der Waals surface area contributed by atoms with E-state index in [0.717, 1.165) is 43.7 Å². The molecule has 1 aliphatic rings. The summed E-state index contributed by atoms with van der Waals surface area (Å²) in [7, 11) is 2.03. The van der Waals surface area contributed by atoms with Gasteiger partial charge in [-0.2, -0.15) is 0 Å². The molecule has 5 heteroatoms. The molecule has 1 amide bonds. The van der Waals surface area contributed by atoms with Crippen molar-refractivity contribution in [2.45, 2.75) is 38.4 Å². The summed E-state index contributed by atoms with van der Waals surface area (Å²) in [5.41, 5.74) is 2.27. The van der Waals surface area contributed by atoms with Crippen molar-refractivity contribution >= 4 is 11.7 Å². The van der Waals surface area contributed by atoms with E-state index in [9.17, 15) is 4.79 Å². The quantitative estimate of drug-likeness (QED) is 0.850. The Morgan fingerprint density at radius 3 is 2.84 bits per heavy atom. The largest absolute Gasteiger partial charge is 0.355 e. The highest BCUT2D eigenvalue weighted by molar-refractivity contribution is 5.81. The van der Waals surface area contributed by atoms with Crippen LogP contribution in [0, 0.1) is 0 Å². The van der Waals surface area contributed by atoms with E-state index < -0.39 is 0 Å². The molecule has 1 aromatic carbocycles. The number of carbonyl (C=O) groups excluding carboxylic acids is 1. The molecule has 0 saturated carbocycles. The number of anilines is 1. The fourth-order valence-corrected chi connectivity index (χ4v) is 3.23. The van der Waals surface area contributed by atoms with Crippen LogP contribution in [0.1, 0.15) is 30.4 Å². The highest BCUT2D eigenvalue weighted by atomic mass is 16.2. The molecule has 2 aromatic rings. The first-order chi connectivity index (χ1) is 12.2. The third-order valence-corrected chi connectivity index (χ3v) is 4.57. The molecule has 2 heterocycles. The Bertz CT molecular complexity index is 683. The van der Waals surface area contributed by atoms with E-state index in [0.29, 0.717) is 6.54 Å². The molecular formula is C20H26N4O. The molecule has 5 nitrogen and oxygen atoms in total. The van der Waals surface area contributed by atoms with Crippen LogP contribution in [0.15, 0.2) is 48.7 Å². The van der Waals surface area contributed by atoms with Crippen molar-refractivity contribution in [3.63, 3.8) is 0 Å². The average Bonchev–Trinajstić information content (AvgIpc) is 2.68. The smallest absolute Gasteiger partial charge is 0.237 e. The molecular weight excluding hydrogens is 312 g/mol. The fourth-order valence-electron chi connectivity index (χ4n) is 3.23. The molecule has 1 saturated heterocycles. The number of hydrogen-bond donors (Lipinski definition) is 2. The Morgan fingerprint density at radius 1 is 1.24 bits per heavy atom. The number of hydrogen-bond acceptors (Lipinski definition) is 4.